The van der Waals surface area contributed by atoms with Gasteiger partial charge < -0.3 is 20.3 Å². The number of H-pyrrole nitrogens is 1. The van der Waals surface area contributed by atoms with Crippen LogP contribution in [0, 0.1) is 5.92 Å². The Hall–Kier alpha value is -2.45. The first kappa shape index (κ1) is 21.4. The summed E-state index contributed by atoms with van der Waals surface area (Å²) < 4.78 is 12.6. The second-order valence-corrected chi connectivity index (χ2v) is 10.7. The summed E-state index contributed by atoms with van der Waals surface area (Å²) in [6, 6.07) is 8.36. The fourth-order valence-electron chi connectivity index (χ4n) is 4.84. The number of para-hydroxylation sites is 1. The molecule has 0 spiro atoms. The van der Waals surface area contributed by atoms with Crippen LogP contribution in [0.5, 0.6) is 0 Å². The molecule has 0 amide bonds. The number of nitrogens with zero attached hydrogens (tertiary/aromatic N) is 3. The van der Waals surface area contributed by atoms with E-state index in [0.717, 1.165) is 36.5 Å². The zero-order valence-corrected chi connectivity index (χ0v) is 19.5. The highest BCUT2D eigenvalue weighted by atomic mass is 32.2. The van der Waals surface area contributed by atoms with Gasteiger partial charge >= 0.3 is 0 Å². The molecular weight excluding hydrogens is 422 g/mol. The van der Waals surface area contributed by atoms with Gasteiger partial charge in [-0.05, 0) is 36.3 Å². The zero-order chi connectivity index (χ0) is 22.2. The van der Waals surface area contributed by atoms with Crippen LogP contribution < -0.4 is 10.2 Å². The van der Waals surface area contributed by atoms with Crippen molar-refractivity contribution in [2.45, 2.75) is 50.0 Å². The number of hydrogen-bond acceptors (Lipinski definition) is 6. The lowest BCUT2D eigenvalue weighted by Crippen LogP contribution is -2.35. The number of fused-ring (bicyclic) bond motifs is 2. The number of aliphatic hydroxyl groups is 1. The fraction of sp³-hybridized carbons (Fsp3) is 0.500. The Balaban J connectivity index is 1.37. The normalized spacial score (nSPS) is 20.1. The summed E-state index contributed by atoms with van der Waals surface area (Å²) in [4.78, 5) is 16.0. The zero-order valence-electron chi connectivity index (χ0n) is 18.7. The largest absolute Gasteiger partial charge is 0.394 e. The number of aromatic amines is 1. The van der Waals surface area contributed by atoms with Crippen molar-refractivity contribution >= 4 is 33.5 Å². The smallest absolute Gasteiger partial charge is 0.227 e. The quantitative estimate of drug-likeness (QED) is 0.529. The van der Waals surface area contributed by atoms with Crippen LogP contribution >= 0.6 is 0 Å². The molecule has 1 fully saturated rings. The summed E-state index contributed by atoms with van der Waals surface area (Å²) in [5.41, 5.74) is 3.48. The SMILES string of the molecule is CC(C)C(CO)Nc1nc(N2CCC(c3c[nH]c4ccccc34)CC2)nc2c1S(=O)CC2. The van der Waals surface area contributed by atoms with Gasteiger partial charge in [0.15, 0.2) is 0 Å². The van der Waals surface area contributed by atoms with Crippen molar-refractivity contribution in [1.82, 2.24) is 15.0 Å². The molecule has 2 aliphatic heterocycles. The summed E-state index contributed by atoms with van der Waals surface area (Å²) in [7, 11) is -1.08. The Bertz CT molecular complexity index is 1140. The molecule has 2 aromatic heterocycles. The second-order valence-electron chi connectivity index (χ2n) is 9.18. The summed E-state index contributed by atoms with van der Waals surface area (Å²) in [6.45, 7) is 5.90. The first-order valence-corrected chi connectivity index (χ1v) is 12.8. The monoisotopic (exact) mass is 453 g/mol. The first-order chi connectivity index (χ1) is 15.5. The van der Waals surface area contributed by atoms with Crippen molar-refractivity contribution in [1.29, 1.82) is 0 Å². The molecule has 7 nitrogen and oxygen atoms in total. The van der Waals surface area contributed by atoms with Gasteiger partial charge in [-0.25, -0.2) is 4.98 Å². The maximum Gasteiger partial charge on any atom is 0.227 e. The van der Waals surface area contributed by atoms with Crippen LogP contribution in [0.2, 0.25) is 0 Å². The third-order valence-electron chi connectivity index (χ3n) is 6.84. The van der Waals surface area contributed by atoms with Gasteiger partial charge in [-0.1, -0.05) is 32.0 Å². The standard InChI is InChI=1S/C24H31N5O2S/c1-15(2)21(14-30)26-23-22-20(9-12-32(22)31)27-24(28-23)29-10-7-16(8-11-29)18-13-25-19-6-4-3-5-17(18)19/h3-6,13,15-16,21,25,30H,7-12,14H2,1-2H3,(H,26,27,28). The fourth-order valence-corrected chi connectivity index (χ4v) is 6.16. The number of aryl methyl sites for hydroxylation is 1. The second kappa shape index (κ2) is 8.83. The van der Waals surface area contributed by atoms with Gasteiger partial charge in [-0.3, -0.25) is 4.21 Å². The molecule has 32 heavy (non-hydrogen) atoms. The highest BCUT2D eigenvalue weighted by molar-refractivity contribution is 7.85. The van der Waals surface area contributed by atoms with E-state index in [4.69, 9.17) is 9.97 Å². The topological polar surface area (TPSA) is 94.1 Å². The maximum atomic E-state index is 12.6. The van der Waals surface area contributed by atoms with Crippen LogP contribution in [0.4, 0.5) is 11.8 Å². The molecule has 2 atom stereocenters. The van der Waals surface area contributed by atoms with E-state index in [1.165, 1.54) is 16.5 Å². The van der Waals surface area contributed by atoms with Crippen molar-refractivity contribution in [3.63, 3.8) is 0 Å². The van der Waals surface area contributed by atoms with Crippen LogP contribution in [0.3, 0.4) is 0 Å². The number of aliphatic hydroxyl groups excluding tert-OH is 1. The van der Waals surface area contributed by atoms with Crippen LogP contribution in [0.15, 0.2) is 35.4 Å². The summed E-state index contributed by atoms with van der Waals surface area (Å²) >= 11 is 0. The molecule has 1 saturated heterocycles. The number of aromatic nitrogens is 3. The molecule has 3 N–H and O–H groups in total. The van der Waals surface area contributed by atoms with Crippen LogP contribution in [0.1, 0.15) is 43.9 Å². The van der Waals surface area contributed by atoms with E-state index in [1.54, 1.807) is 0 Å². The first-order valence-electron chi connectivity index (χ1n) is 11.5. The highest BCUT2D eigenvalue weighted by Crippen LogP contribution is 2.36. The van der Waals surface area contributed by atoms with E-state index in [1.807, 2.05) is 0 Å². The molecule has 1 aromatic carbocycles. The number of piperidine rings is 1. The number of hydrogen-bond donors (Lipinski definition) is 3. The molecule has 3 aromatic rings. The molecule has 170 valence electrons. The molecule has 0 bridgehead atoms. The number of anilines is 2. The Morgan fingerprint density at radius 1 is 1.25 bits per heavy atom. The van der Waals surface area contributed by atoms with Gasteiger partial charge in [0.25, 0.3) is 0 Å². The van der Waals surface area contributed by atoms with Gasteiger partial charge in [0.1, 0.15) is 10.7 Å². The van der Waals surface area contributed by atoms with Crippen molar-refractivity contribution < 1.29 is 9.32 Å². The third kappa shape index (κ3) is 3.90. The van der Waals surface area contributed by atoms with Crippen LogP contribution in [0.25, 0.3) is 10.9 Å². The molecule has 2 aliphatic rings. The molecular formula is C24H31N5O2S. The van der Waals surface area contributed by atoms with E-state index >= 15 is 0 Å². The third-order valence-corrected chi connectivity index (χ3v) is 8.30. The molecule has 5 rings (SSSR count). The van der Waals surface area contributed by atoms with Gasteiger partial charge in [0, 0.05) is 42.4 Å². The van der Waals surface area contributed by atoms with Crippen molar-refractivity contribution in [3.8, 4) is 0 Å². The van der Waals surface area contributed by atoms with Crippen molar-refractivity contribution in [2.24, 2.45) is 5.92 Å². The van der Waals surface area contributed by atoms with E-state index in [2.05, 4.69) is 59.5 Å². The predicted molar refractivity (Wildman–Crippen MR) is 129 cm³/mol. The van der Waals surface area contributed by atoms with Gasteiger partial charge in [-0.2, -0.15) is 4.98 Å². The Kier molecular flexibility index (Phi) is 5.90. The molecule has 0 saturated carbocycles. The van der Waals surface area contributed by atoms with E-state index in [-0.39, 0.29) is 18.6 Å². The van der Waals surface area contributed by atoms with E-state index in [9.17, 15) is 9.32 Å². The van der Waals surface area contributed by atoms with Gasteiger partial charge in [0.2, 0.25) is 5.95 Å². The summed E-state index contributed by atoms with van der Waals surface area (Å²) in [5.74, 6) is 2.68. The lowest BCUT2D eigenvalue weighted by atomic mass is 9.89. The maximum absolute atomic E-state index is 12.6. The molecule has 0 radical (unpaired) electrons. The van der Waals surface area contributed by atoms with Crippen molar-refractivity contribution in [2.75, 3.05) is 35.7 Å². The molecule has 2 unspecified atom stereocenters. The average molecular weight is 454 g/mol. The lowest BCUT2D eigenvalue weighted by molar-refractivity contribution is 0.249. The minimum Gasteiger partial charge on any atom is -0.394 e. The number of benzene rings is 1. The summed E-state index contributed by atoms with van der Waals surface area (Å²) in [6.07, 6.45) is 4.96. The minimum atomic E-state index is -1.08. The summed E-state index contributed by atoms with van der Waals surface area (Å²) in [5, 5.41) is 14.5. The van der Waals surface area contributed by atoms with Crippen molar-refractivity contribution in [3.05, 3.63) is 41.7 Å². The van der Waals surface area contributed by atoms with Gasteiger partial charge in [-0.15, -0.1) is 0 Å². The van der Waals surface area contributed by atoms with Crippen LogP contribution in [-0.4, -0.2) is 55.8 Å². The number of nitrogens with one attached hydrogen (secondary N) is 2. The lowest BCUT2D eigenvalue weighted by Gasteiger charge is -2.32. The number of rotatable bonds is 6. The highest BCUT2D eigenvalue weighted by Gasteiger charge is 2.30. The van der Waals surface area contributed by atoms with E-state index in [0.29, 0.717) is 29.9 Å². The molecule has 8 heteroatoms. The Morgan fingerprint density at radius 2 is 2.03 bits per heavy atom. The average Bonchev–Trinajstić information content (AvgIpc) is 3.41. The van der Waals surface area contributed by atoms with E-state index < -0.39 is 10.8 Å². The Labute approximate surface area is 191 Å². The molecule has 0 aliphatic carbocycles. The molecule has 4 heterocycles. The Morgan fingerprint density at radius 3 is 2.78 bits per heavy atom. The predicted octanol–water partition coefficient (Wildman–Crippen LogP) is 3.43. The van der Waals surface area contributed by atoms with Crippen LogP contribution in [-0.2, 0) is 17.2 Å². The minimum absolute atomic E-state index is 0.00836. The van der Waals surface area contributed by atoms with Gasteiger partial charge in [0.05, 0.1) is 29.1 Å².